The predicted octanol–water partition coefficient (Wildman–Crippen LogP) is 4.84. The molecule has 0 radical (unpaired) electrons. The van der Waals surface area contributed by atoms with E-state index >= 15 is 0 Å². The van der Waals surface area contributed by atoms with Gasteiger partial charge in [-0.15, -0.1) is 0 Å². The molecule has 1 heterocycles. The Morgan fingerprint density at radius 2 is 1.35 bits per heavy atom. The number of hydrogen-bond donors (Lipinski definition) is 1. The topological polar surface area (TPSA) is 102 Å². The van der Waals surface area contributed by atoms with Gasteiger partial charge in [-0.3, -0.25) is 9.59 Å². The van der Waals surface area contributed by atoms with Crippen LogP contribution in [0.2, 0.25) is 0 Å². The van der Waals surface area contributed by atoms with Gasteiger partial charge in [0.25, 0.3) is 11.8 Å². The molecule has 0 unspecified atom stereocenters. The molecular weight excluding hydrogens is 472 g/mol. The lowest BCUT2D eigenvalue weighted by Crippen LogP contribution is -2.40. The average Bonchev–Trinajstić information content (AvgIpc) is 3.35. The maximum absolute atomic E-state index is 12.7. The van der Waals surface area contributed by atoms with E-state index < -0.39 is 29.9 Å². The smallest absolute Gasteiger partial charge is 0.407 e. The molecule has 0 saturated heterocycles. The van der Waals surface area contributed by atoms with Crippen LogP contribution < -0.4 is 5.32 Å². The van der Waals surface area contributed by atoms with Crippen molar-refractivity contribution in [3.05, 3.63) is 95.1 Å². The second kappa shape index (κ2) is 10.3. The van der Waals surface area contributed by atoms with E-state index in [0.717, 1.165) is 22.3 Å². The molecule has 0 bridgehead atoms. The monoisotopic (exact) mass is 498 g/mol. The second-order valence-electron chi connectivity index (χ2n) is 9.07. The van der Waals surface area contributed by atoms with Crippen LogP contribution in [0.4, 0.5) is 4.79 Å². The third-order valence-electron chi connectivity index (χ3n) is 6.67. The molecule has 1 atom stereocenters. The van der Waals surface area contributed by atoms with E-state index in [9.17, 15) is 19.2 Å². The highest BCUT2D eigenvalue weighted by molar-refractivity contribution is 6.20. The molecule has 0 aromatic heterocycles. The summed E-state index contributed by atoms with van der Waals surface area (Å²) in [7, 11) is 0. The van der Waals surface area contributed by atoms with Crippen LogP contribution in [-0.4, -0.2) is 41.6 Å². The van der Waals surface area contributed by atoms with Crippen LogP contribution in [0.25, 0.3) is 11.1 Å². The molecule has 8 nitrogen and oxygen atoms in total. The molecule has 37 heavy (non-hydrogen) atoms. The molecule has 0 spiro atoms. The Morgan fingerprint density at radius 3 is 1.89 bits per heavy atom. The van der Waals surface area contributed by atoms with Gasteiger partial charge in [0.05, 0.1) is 17.5 Å². The number of fused-ring (bicyclic) bond motifs is 4. The van der Waals surface area contributed by atoms with E-state index in [0.29, 0.717) is 17.9 Å². The zero-order chi connectivity index (χ0) is 25.9. The van der Waals surface area contributed by atoms with Gasteiger partial charge in [-0.25, -0.2) is 9.59 Å². The van der Waals surface area contributed by atoms with E-state index in [1.54, 1.807) is 12.1 Å². The predicted molar refractivity (Wildman–Crippen MR) is 135 cm³/mol. The number of benzene rings is 3. The number of hydroxylamine groups is 2. The molecular formula is C29H26N2O6. The SMILES string of the molecule is CCC[C@@H](CC(=O)ON1C(=O)c2ccccc2C1=O)NC(=O)OCC1c2ccccc2-c2ccccc21. The summed E-state index contributed by atoms with van der Waals surface area (Å²) in [6.45, 7) is 2.07. The minimum Gasteiger partial charge on any atom is -0.449 e. The second-order valence-corrected chi connectivity index (χ2v) is 9.07. The Morgan fingerprint density at radius 1 is 0.838 bits per heavy atom. The number of ether oxygens (including phenoxy) is 1. The fourth-order valence-electron chi connectivity index (χ4n) is 4.97. The number of carbonyl (C=O) groups excluding carboxylic acids is 4. The number of amides is 3. The van der Waals surface area contributed by atoms with Crippen LogP contribution in [-0.2, 0) is 14.4 Å². The first kappa shape index (κ1) is 24.2. The summed E-state index contributed by atoms with van der Waals surface area (Å²) < 4.78 is 5.59. The van der Waals surface area contributed by atoms with E-state index in [1.165, 1.54) is 12.1 Å². The van der Waals surface area contributed by atoms with Crippen LogP contribution in [0.1, 0.15) is 63.9 Å². The van der Waals surface area contributed by atoms with Crippen molar-refractivity contribution in [2.45, 2.75) is 38.1 Å². The highest BCUT2D eigenvalue weighted by atomic mass is 16.7. The van der Waals surface area contributed by atoms with Crippen LogP contribution in [0.3, 0.4) is 0 Å². The quantitative estimate of drug-likeness (QED) is 0.446. The van der Waals surface area contributed by atoms with Crippen molar-refractivity contribution < 1.29 is 28.8 Å². The van der Waals surface area contributed by atoms with Gasteiger partial charge in [-0.05, 0) is 40.8 Å². The Hall–Kier alpha value is -4.46. The first-order chi connectivity index (χ1) is 18.0. The molecule has 0 saturated carbocycles. The van der Waals surface area contributed by atoms with Gasteiger partial charge in [0.1, 0.15) is 6.61 Å². The Kier molecular flexibility index (Phi) is 6.72. The number of nitrogens with zero attached hydrogens (tertiary/aromatic N) is 1. The maximum Gasteiger partial charge on any atom is 0.407 e. The lowest BCUT2D eigenvalue weighted by molar-refractivity contribution is -0.169. The normalized spacial score (nSPS) is 14.6. The molecule has 3 aromatic rings. The fraction of sp³-hybridized carbons (Fsp3) is 0.241. The number of imide groups is 1. The minimum atomic E-state index is -0.799. The molecule has 1 aliphatic carbocycles. The number of hydrogen-bond acceptors (Lipinski definition) is 6. The van der Waals surface area contributed by atoms with Crippen molar-refractivity contribution in [1.29, 1.82) is 0 Å². The lowest BCUT2D eigenvalue weighted by Gasteiger charge is -2.20. The van der Waals surface area contributed by atoms with E-state index in [-0.39, 0.29) is 30.1 Å². The first-order valence-corrected chi connectivity index (χ1v) is 12.3. The van der Waals surface area contributed by atoms with Crippen LogP contribution >= 0.6 is 0 Å². The van der Waals surface area contributed by atoms with Gasteiger partial charge in [0, 0.05) is 12.0 Å². The molecule has 1 aliphatic heterocycles. The van der Waals surface area contributed by atoms with Crippen molar-refractivity contribution >= 4 is 23.9 Å². The molecule has 5 rings (SSSR count). The number of carbonyl (C=O) groups is 4. The summed E-state index contributed by atoms with van der Waals surface area (Å²) in [4.78, 5) is 55.3. The Balaban J connectivity index is 1.19. The third-order valence-corrected chi connectivity index (χ3v) is 6.67. The molecule has 8 heteroatoms. The highest BCUT2D eigenvalue weighted by Crippen LogP contribution is 2.44. The summed E-state index contributed by atoms with van der Waals surface area (Å²) in [6, 6.07) is 21.8. The van der Waals surface area contributed by atoms with Gasteiger partial charge < -0.3 is 14.9 Å². The third kappa shape index (κ3) is 4.70. The fourth-order valence-corrected chi connectivity index (χ4v) is 4.97. The van der Waals surface area contributed by atoms with Gasteiger partial charge in [-0.2, -0.15) is 0 Å². The zero-order valence-electron chi connectivity index (χ0n) is 20.3. The van der Waals surface area contributed by atoms with Gasteiger partial charge in [0.15, 0.2) is 0 Å². The van der Waals surface area contributed by atoms with E-state index in [1.807, 2.05) is 43.3 Å². The van der Waals surface area contributed by atoms with Crippen LogP contribution in [0, 0.1) is 0 Å². The van der Waals surface area contributed by atoms with Crippen molar-refractivity contribution in [2.24, 2.45) is 0 Å². The molecule has 3 amide bonds. The standard InChI is InChI=1S/C29H26N2O6/c1-2-9-18(16-26(32)37-31-27(33)23-14-7-8-15-24(23)28(31)34)30-29(35)36-17-25-21-12-5-3-10-19(21)20-11-4-6-13-22(20)25/h3-8,10-15,18,25H,2,9,16-17H2,1H3,(H,30,35)/t18-/m0/s1. The summed E-state index contributed by atoms with van der Waals surface area (Å²) in [5, 5.41) is 3.21. The largest absolute Gasteiger partial charge is 0.449 e. The van der Waals surface area contributed by atoms with Crippen molar-refractivity contribution in [3.8, 4) is 11.1 Å². The number of nitrogens with one attached hydrogen (secondary N) is 1. The maximum atomic E-state index is 12.7. The molecule has 2 aliphatic rings. The average molecular weight is 499 g/mol. The highest BCUT2D eigenvalue weighted by Gasteiger charge is 2.39. The summed E-state index contributed by atoms with van der Waals surface area (Å²) in [5.41, 5.74) is 4.83. The van der Waals surface area contributed by atoms with Crippen molar-refractivity contribution in [3.63, 3.8) is 0 Å². The number of alkyl carbamates (subject to hydrolysis) is 1. The summed E-state index contributed by atoms with van der Waals surface area (Å²) >= 11 is 0. The molecule has 188 valence electrons. The van der Waals surface area contributed by atoms with Gasteiger partial charge in [0.2, 0.25) is 0 Å². The van der Waals surface area contributed by atoms with Gasteiger partial charge >= 0.3 is 12.1 Å². The first-order valence-electron chi connectivity index (χ1n) is 12.3. The van der Waals surface area contributed by atoms with Crippen molar-refractivity contribution in [1.82, 2.24) is 10.4 Å². The Bertz CT molecular complexity index is 1300. The minimum absolute atomic E-state index is 0.0819. The van der Waals surface area contributed by atoms with Crippen LogP contribution in [0.15, 0.2) is 72.8 Å². The molecule has 1 N–H and O–H groups in total. The van der Waals surface area contributed by atoms with E-state index in [2.05, 4.69) is 17.4 Å². The Labute approximate surface area is 214 Å². The zero-order valence-corrected chi connectivity index (χ0v) is 20.3. The van der Waals surface area contributed by atoms with Gasteiger partial charge in [-0.1, -0.05) is 79.1 Å². The molecule has 0 fully saturated rings. The van der Waals surface area contributed by atoms with Crippen molar-refractivity contribution in [2.75, 3.05) is 6.61 Å². The summed E-state index contributed by atoms with van der Waals surface area (Å²) in [5.74, 6) is -2.26. The van der Waals surface area contributed by atoms with E-state index in [4.69, 9.17) is 9.57 Å². The van der Waals surface area contributed by atoms with Crippen LogP contribution in [0.5, 0.6) is 0 Å². The molecule has 3 aromatic carbocycles. The lowest BCUT2D eigenvalue weighted by atomic mass is 9.98. The number of rotatable bonds is 8. The summed E-state index contributed by atoms with van der Waals surface area (Å²) in [6.07, 6.45) is 0.315.